The lowest BCUT2D eigenvalue weighted by Crippen LogP contribution is -2.58. The van der Waals surface area contributed by atoms with Gasteiger partial charge in [-0.25, -0.2) is 4.79 Å². The van der Waals surface area contributed by atoms with Gasteiger partial charge >= 0.3 is 6.09 Å². The SMILES string of the molecule is NC(=O)OC1(C(N)=O)CC(COCc2ccccc2)C1. The molecule has 20 heavy (non-hydrogen) atoms. The number of hydrogen-bond acceptors (Lipinski definition) is 4. The molecule has 1 aliphatic carbocycles. The summed E-state index contributed by atoms with van der Waals surface area (Å²) in [5.41, 5.74) is 10.0. The third-order valence-corrected chi connectivity index (χ3v) is 3.45. The molecule has 6 nitrogen and oxygen atoms in total. The monoisotopic (exact) mass is 278 g/mol. The fraction of sp³-hybridized carbons (Fsp3) is 0.429. The zero-order valence-corrected chi connectivity index (χ0v) is 11.1. The maximum Gasteiger partial charge on any atom is 0.405 e. The minimum absolute atomic E-state index is 0.144. The van der Waals surface area contributed by atoms with Crippen LogP contribution < -0.4 is 11.5 Å². The molecule has 1 fully saturated rings. The highest BCUT2D eigenvalue weighted by atomic mass is 16.6. The molecule has 1 aromatic rings. The first-order chi connectivity index (χ1) is 9.52. The van der Waals surface area contributed by atoms with Gasteiger partial charge in [-0.3, -0.25) is 4.79 Å². The minimum atomic E-state index is -1.24. The molecule has 2 rings (SSSR count). The Bertz CT molecular complexity index is 483. The molecule has 0 unspecified atom stereocenters. The van der Waals surface area contributed by atoms with Gasteiger partial charge in [0.25, 0.3) is 5.91 Å². The first kappa shape index (κ1) is 14.3. The van der Waals surface area contributed by atoms with E-state index in [0.717, 1.165) is 5.56 Å². The van der Waals surface area contributed by atoms with E-state index in [4.69, 9.17) is 20.9 Å². The largest absolute Gasteiger partial charge is 0.433 e. The van der Waals surface area contributed by atoms with Crippen LogP contribution in [0.1, 0.15) is 18.4 Å². The summed E-state index contributed by atoms with van der Waals surface area (Å²) in [6.45, 7) is 1.00. The van der Waals surface area contributed by atoms with Crippen LogP contribution in [0.4, 0.5) is 4.79 Å². The highest BCUT2D eigenvalue weighted by Crippen LogP contribution is 2.41. The quantitative estimate of drug-likeness (QED) is 0.807. The second kappa shape index (κ2) is 5.92. The number of nitrogens with two attached hydrogens (primary N) is 2. The predicted molar refractivity (Wildman–Crippen MR) is 71.4 cm³/mol. The van der Waals surface area contributed by atoms with E-state index in [-0.39, 0.29) is 5.92 Å². The van der Waals surface area contributed by atoms with E-state index < -0.39 is 17.6 Å². The number of carbonyl (C=O) groups excluding carboxylic acids is 2. The molecule has 4 N–H and O–H groups in total. The first-order valence-electron chi connectivity index (χ1n) is 6.42. The topological polar surface area (TPSA) is 105 Å². The molecule has 6 heteroatoms. The molecule has 0 radical (unpaired) electrons. The summed E-state index contributed by atoms with van der Waals surface area (Å²) in [4.78, 5) is 22.1. The standard InChI is InChI=1S/C14H18N2O4/c15-12(17)14(20-13(16)18)6-11(7-14)9-19-8-10-4-2-1-3-5-10/h1-5,11H,6-9H2,(H2,15,17)(H2,16,18). The highest BCUT2D eigenvalue weighted by Gasteiger charge is 2.52. The van der Waals surface area contributed by atoms with Gasteiger partial charge in [0, 0.05) is 12.8 Å². The molecular formula is C14H18N2O4. The Balaban J connectivity index is 1.75. The van der Waals surface area contributed by atoms with Crippen LogP contribution >= 0.6 is 0 Å². The van der Waals surface area contributed by atoms with Crippen molar-refractivity contribution in [2.45, 2.75) is 25.0 Å². The summed E-state index contributed by atoms with van der Waals surface area (Å²) >= 11 is 0. The van der Waals surface area contributed by atoms with Crippen LogP contribution in [0.3, 0.4) is 0 Å². The van der Waals surface area contributed by atoms with Gasteiger partial charge in [-0.1, -0.05) is 30.3 Å². The van der Waals surface area contributed by atoms with Crippen molar-refractivity contribution in [3.8, 4) is 0 Å². The third-order valence-electron chi connectivity index (χ3n) is 3.45. The van der Waals surface area contributed by atoms with Gasteiger partial charge in [0.15, 0.2) is 5.60 Å². The van der Waals surface area contributed by atoms with Gasteiger partial charge in [-0.05, 0) is 11.5 Å². The van der Waals surface area contributed by atoms with Crippen LogP contribution in [-0.4, -0.2) is 24.2 Å². The van der Waals surface area contributed by atoms with Crippen molar-refractivity contribution in [3.05, 3.63) is 35.9 Å². The van der Waals surface area contributed by atoms with Crippen LogP contribution in [0.25, 0.3) is 0 Å². The molecule has 108 valence electrons. The molecule has 0 atom stereocenters. The molecular weight excluding hydrogens is 260 g/mol. The Morgan fingerprint density at radius 2 is 1.85 bits per heavy atom. The average molecular weight is 278 g/mol. The number of ether oxygens (including phenoxy) is 2. The molecule has 0 spiro atoms. The zero-order valence-electron chi connectivity index (χ0n) is 11.1. The summed E-state index contributed by atoms with van der Waals surface area (Å²) in [5.74, 6) is -0.513. The second-order valence-corrected chi connectivity index (χ2v) is 5.05. The van der Waals surface area contributed by atoms with Gasteiger partial charge in [-0.2, -0.15) is 0 Å². The van der Waals surface area contributed by atoms with Crippen molar-refractivity contribution >= 4 is 12.0 Å². The number of rotatable bonds is 6. The maximum atomic E-state index is 11.3. The first-order valence-corrected chi connectivity index (χ1v) is 6.42. The van der Waals surface area contributed by atoms with Gasteiger partial charge < -0.3 is 20.9 Å². The normalized spacial score (nSPS) is 24.7. The van der Waals surface area contributed by atoms with Crippen molar-refractivity contribution in [1.82, 2.24) is 0 Å². The Hall–Kier alpha value is -2.08. The summed E-state index contributed by atoms with van der Waals surface area (Å²) in [6, 6.07) is 9.79. The van der Waals surface area contributed by atoms with Gasteiger partial charge in [0.2, 0.25) is 0 Å². The molecule has 0 aliphatic heterocycles. The van der Waals surface area contributed by atoms with Crippen molar-refractivity contribution < 1.29 is 19.1 Å². The van der Waals surface area contributed by atoms with Crippen molar-refractivity contribution in [2.75, 3.05) is 6.61 Å². The fourth-order valence-electron chi connectivity index (χ4n) is 2.44. The van der Waals surface area contributed by atoms with E-state index >= 15 is 0 Å². The van der Waals surface area contributed by atoms with Gasteiger partial charge in [0.1, 0.15) is 0 Å². The lowest BCUT2D eigenvalue weighted by atomic mass is 9.70. The van der Waals surface area contributed by atoms with E-state index in [1.54, 1.807) is 0 Å². The summed E-state index contributed by atoms with van der Waals surface area (Å²) in [6.07, 6.45) is -0.257. The van der Waals surface area contributed by atoms with E-state index in [2.05, 4.69) is 0 Å². The van der Waals surface area contributed by atoms with Crippen LogP contribution in [0.15, 0.2) is 30.3 Å². The average Bonchev–Trinajstić information content (AvgIpc) is 2.35. The maximum absolute atomic E-state index is 11.3. The summed E-state index contributed by atoms with van der Waals surface area (Å²) in [5, 5.41) is 0. The molecule has 1 saturated carbocycles. The molecule has 2 amide bonds. The van der Waals surface area contributed by atoms with Crippen LogP contribution in [0, 0.1) is 5.92 Å². The van der Waals surface area contributed by atoms with Crippen LogP contribution in [0.5, 0.6) is 0 Å². The summed E-state index contributed by atoms with van der Waals surface area (Å²) in [7, 11) is 0. The predicted octanol–water partition coefficient (Wildman–Crippen LogP) is 0.933. The van der Waals surface area contributed by atoms with E-state index in [1.807, 2.05) is 30.3 Å². The second-order valence-electron chi connectivity index (χ2n) is 5.05. The lowest BCUT2D eigenvalue weighted by Gasteiger charge is -2.43. The number of benzene rings is 1. The molecule has 0 heterocycles. The zero-order chi connectivity index (χ0) is 14.6. The highest BCUT2D eigenvalue weighted by molar-refractivity contribution is 5.87. The molecule has 0 aromatic heterocycles. The van der Waals surface area contributed by atoms with Crippen LogP contribution in [-0.2, 0) is 20.9 Å². The molecule has 0 saturated heterocycles. The van der Waals surface area contributed by atoms with E-state index in [9.17, 15) is 9.59 Å². The number of primary amides is 2. The van der Waals surface area contributed by atoms with E-state index in [1.165, 1.54) is 0 Å². The Labute approximate surface area is 117 Å². The van der Waals surface area contributed by atoms with Crippen LogP contribution in [0.2, 0.25) is 0 Å². The molecule has 1 aromatic carbocycles. The fourth-order valence-corrected chi connectivity index (χ4v) is 2.44. The molecule has 0 bridgehead atoms. The van der Waals surface area contributed by atoms with Crippen molar-refractivity contribution in [1.29, 1.82) is 0 Å². The number of carbonyl (C=O) groups is 2. The van der Waals surface area contributed by atoms with Crippen molar-refractivity contribution in [3.63, 3.8) is 0 Å². The molecule has 1 aliphatic rings. The van der Waals surface area contributed by atoms with E-state index in [0.29, 0.717) is 26.1 Å². The lowest BCUT2D eigenvalue weighted by molar-refractivity contribution is -0.155. The Morgan fingerprint density at radius 3 is 2.40 bits per heavy atom. The van der Waals surface area contributed by atoms with Gasteiger partial charge in [0.05, 0.1) is 13.2 Å². The van der Waals surface area contributed by atoms with Crippen molar-refractivity contribution in [2.24, 2.45) is 17.4 Å². The Morgan fingerprint density at radius 1 is 1.20 bits per heavy atom. The smallest absolute Gasteiger partial charge is 0.405 e. The van der Waals surface area contributed by atoms with Gasteiger partial charge in [-0.15, -0.1) is 0 Å². The number of amides is 2. The third kappa shape index (κ3) is 3.27. The Kier molecular flexibility index (Phi) is 4.24. The minimum Gasteiger partial charge on any atom is -0.433 e. The number of hydrogen-bond donors (Lipinski definition) is 2. The summed E-state index contributed by atoms with van der Waals surface area (Å²) < 4.78 is 10.4.